The van der Waals surface area contributed by atoms with Crippen molar-refractivity contribution in [1.82, 2.24) is 10.2 Å². The second kappa shape index (κ2) is 7.93. The van der Waals surface area contributed by atoms with E-state index in [-0.39, 0.29) is 0 Å². The average Bonchev–Trinajstić information content (AvgIpc) is 2.63. The molecule has 1 aliphatic rings. The molecule has 19 heavy (non-hydrogen) atoms. The lowest BCUT2D eigenvalue weighted by Gasteiger charge is -2.29. The highest BCUT2D eigenvalue weighted by atomic mass is 32.2. The van der Waals surface area contributed by atoms with Gasteiger partial charge < -0.3 is 5.32 Å². The lowest BCUT2D eigenvalue weighted by Crippen LogP contribution is -2.36. The number of nitrogens with zero attached hydrogens (tertiary/aromatic N) is 1. The van der Waals surface area contributed by atoms with Crippen molar-refractivity contribution < 1.29 is 0 Å². The van der Waals surface area contributed by atoms with Gasteiger partial charge >= 0.3 is 0 Å². The Morgan fingerprint density at radius 2 is 2.11 bits per heavy atom. The summed E-state index contributed by atoms with van der Waals surface area (Å²) in [6.45, 7) is 5.86. The third-order valence-corrected chi connectivity index (χ3v) is 4.69. The van der Waals surface area contributed by atoms with Crippen LogP contribution in [-0.2, 0) is 0 Å². The van der Waals surface area contributed by atoms with Crippen LogP contribution in [0.25, 0.3) is 0 Å². The van der Waals surface area contributed by atoms with E-state index < -0.39 is 0 Å². The van der Waals surface area contributed by atoms with Gasteiger partial charge in [0.1, 0.15) is 0 Å². The van der Waals surface area contributed by atoms with E-state index in [0.717, 1.165) is 13.1 Å². The van der Waals surface area contributed by atoms with Crippen molar-refractivity contribution in [3.8, 4) is 0 Å². The van der Waals surface area contributed by atoms with Crippen molar-refractivity contribution in [1.29, 1.82) is 0 Å². The largest absolute Gasteiger partial charge is 0.309 e. The van der Waals surface area contributed by atoms with Crippen molar-refractivity contribution in [2.45, 2.75) is 31.8 Å². The Kier molecular flexibility index (Phi) is 6.21. The summed E-state index contributed by atoms with van der Waals surface area (Å²) in [7, 11) is 0. The highest BCUT2D eigenvalue weighted by Gasteiger charge is 2.23. The van der Waals surface area contributed by atoms with E-state index in [9.17, 15) is 0 Å². The SMILES string of the molecule is CSCCCN1CC(c2ccccc2)NCCC1C. The second-order valence-corrected chi connectivity index (χ2v) is 6.38. The molecule has 1 saturated heterocycles. The predicted octanol–water partition coefficient (Wildman–Crippen LogP) is 3.16. The Morgan fingerprint density at radius 1 is 1.32 bits per heavy atom. The normalized spacial score (nSPS) is 25.2. The summed E-state index contributed by atoms with van der Waals surface area (Å²) in [4.78, 5) is 2.66. The molecule has 1 N–H and O–H groups in total. The van der Waals surface area contributed by atoms with Crippen molar-refractivity contribution >= 4 is 11.8 Å². The van der Waals surface area contributed by atoms with Crippen LogP contribution in [0.1, 0.15) is 31.4 Å². The van der Waals surface area contributed by atoms with Gasteiger partial charge in [-0.05, 0) is 50.4 Å². The lowest BCUT2D eigenvalue weighted by atomic mass is 10.1. The average molecular weight is 278 g/mol. The number of rotatable bonds is 5. The predicted molar refractivity (Wildman–Crippen MR) is 85.8 cm³/mol. The van der Waals surface area contributed by atoms with Crippen LogP contribution >= 0.6 is 11.8 Å². The Balaban J connectivity index is 1.98. The molecule has 0 bridgehead atoms. The van der Waals surface area contributed by atoms with Gasteiger partial charge in [0, 0.05) is 18.6 Å². The van der Waals surface area contributed by atoms with Crippen molar-refractivity contribution in [3.63, 3.8) is 0 Å². The monoisotopic (exact) mass is 278 g/mol. The lowest BCUT2D eigenvalue weighted by molar-refractivity contribution is 0.206. The van der Waals surface area contributed by atoms with Crippen LogP contribution in [0.15, 0.2) is 30.3 Å². The molecule has 0 radical (unpaired) electrons. The molecular formula is C16H26N2S. The molecule has 1 aromatic carbocycles. The fraction of sp³-hybridized carbons (Fsp3) is 0.625. The highest BCUT2D eigenvalue weighted by Crippen LogP contribution is 2.20. The molecule has 0 aromatic heterocycles. The van der Waals surface area contributed by atoms with E-state index in [1.165, 1.54) is 30.7 Å². The van der Waals surface area contributed by atoms with Gasteiger partial charge in [-0.15, -0.1) is 0 Å². The molecule has 106 valence electrons. The first kappa shape index (κ1) is 14.9. The quantitative estimate of drug-likeness (QED) is 0.833. The first-order chi connectivity index (χ1) is 9.31. The van der Waals surface area contributed by atoms with Crippen LogP contribution in [-0.4, -0.2) is 42.6 Å². The van der Waals surface area contributed by atoms with Gasteiger partial charge in [0.15, 0.2) is 0 Å². The molecule has 2 atom stereocenters. The van der Waals surface area contributed by atoms with Gasteiger partial charge in [-0.3, -0.25) is 4.90 Å². The Morgan fingerprint density at radius 3 is 2.84 bits per heavy atom. The molecule has 1 fully saturated rings. The molecule has 1 aliphatic heterocycles. The number of benzene rings is 1. The standard InChI is InChI=1S/C16H26N2S/c1-14-9-10-17-16(15-7-4-3-5-8-15)13-18(14)11-6-12-19-2/h3-5,7-8,14,16-17H,6,9-13H2,1-2H3. The topological polar surface area (TPSA) is 15.3 Å². The molecule has 0 amide bonds. The highest BCUT2D eigenvalue weighted by molar-refractivity contribution is 7.98. The third-order valence-electron chi connectivity index (χ3n) is 3.99. The second-order valence-electron chi connectivity index (χ2n) is 5.40. The minimum absolute atomic E-state index is 0.487. The summed E-state index contributed by atoms with van der Waals surface area (Å²) < 4.78 is 0. The molecule has 2 unspecified atom stereocenters. The number of nitrogens with one attached hydrogen (secondary N) is 1. The summed E-state index contributed by atoms with van der Waals surface area (Å²) in [6, 6.07) is 12.1. The summed E-state index contributed by atoms with van der Waals surface area (Å²) >= 11 is 1.95. The molecule has 2 rings (SSSR count). The minimum atomic E-state index is 0.487. The van der Waals surface area contributed by atoms with Gasteiger partial charge in [0.05, 0.1) is 0 Å². The maximum absolute atomic E-state index is 3.70. The van der Waals surface area contributed by atoms with Crippen LogP contribution in [0, 0.1) is 0 Å². The van der Waals surface area contributed by atoms with Crippen LogP contribution in [0.3, 0.4) is 0 Å². The molecular weight excluding hydrogens is 252 g/mol. The smallest absolute Gasteiger partial charge is 0.0449 e. The van der Waals surface area contributed by atoms with Crippen LogP contribution < -0.4 is 5.32 Å². The molecule has 0 spiro atoms. The van der Waals surface area contributed by atoms with E-state index in [1.807, 2.05) is 11.8 Å². The number of thioether (sulfide) groups is 1. The molecule has 1 aromatic rings. The van der Waals surface area contributed by atoms with E-state index in [1.54, 1.807) is 0 Å². The molecule has 3 heteroatoms. The summed E-state index contributed by atoms with van der Waals surface area (Å²) in [6.07, 6.45) is 4.75. The van der Waals surface area contributed by atoms with Crippen molar-refractivity contribution in [2.75, 3.05) is 31.6 Å². The van der Waals surface area contributed by atoms with E-state index >= 15 is 0 Å². The zero-order valence-electron chi connectivity index (χ0n) is 12.1. The van der Waals surface area contributed by atoms with Gasteiger partial charge in [-0.25, -0.2) is 0 Å². The van der Waals surface area contributed by atoms with Crippen LogP contribution in [0.5, 0.6) is 0 Å². The van der Waals surface area contributed by atoms with Gasteiger partial charge in [-0.2, -0.15) is 11.8 Å². The molecule has 0 aliphatic carbocycles. The van der Waals surface area contributed by atoms with Crippen molar-refractivity contribution in [2.24, 2.45) is 0 Å². The molecule has 0 saturated carbocycles. The Labute approximate surface area is 122 Å². The zero-order chi connectivity index (χ0) is 13.5. The minimum Gasteiger partial charge on any atom is -0.309 e. The molecule has 1 heterocycles. The summed E-state index contributed by atoms with van der Waals surface area (Å²) in [5.41, 5.74) is 1.42. The fourth-order valence-corrected chi connectivity index (χ4v) is 3.18. The maximum Gasteiger partial charge on any atom is 0.0449 e. The van der Waals surface area contributed by atoms with Crippen LogP contribution in [0.2, 0.25) is 0 Å². The maximum atomic E-state index is 3.70. The summed E-state index contributed by atoms with van der Waals surface area (Å²) in [5, 5.41) is 3.70. The van der Waals surface area contributed by atoms with E-state index in [0.29, 0.717) is 12.1 Å². The molecule has 2 nitrogen and oxygen atoms in total. The van der Waals surface area contributed by atoms with Gasteiger partial charge in [0.2, 0.25) is 0 Å². The van der Waals surface area contributed by atoms with Crippen molar-refractivity contribution in [3.05, 3.63) is 35.9 Å². The van der Waals surface area contributed by atoms with Gasteiger partial charge in [-0.1, -0.05) is 30.3 Å². The Hall–Kier alpha value is -0.510. The van der Waals surface area contributed by atoms with Gasteiger partial charge in [0.25, 0.3) is 0 Å². The Bertz CT molecular complexity index is 355. The first-order valence-electron chi connectivity index (χ1n) is 7.32. The first-order valence-corrected chi connectivity index (χ1v) is 8.72. The van der Waals surface area contributed by atoms with E-state index in [2.05, 4.69) is 53.7 Å². The summed E-state index contributed by atoms with van der Waals surface area (Å²) in [5.74, 6) is 1.27. The number of hydrogen-bond donors (Lipinski definition) is 1. The van der Waals surface area contributed by atoms with E-state index in [4.69, 9.17) is 0 Å². The third kappa shape index (κ3) is 4.51. The fourth-order valence-electron chi connectivity index (χ4n) is 2.76. The zero-order valence-corrected chi connectivity index (χ0v) is 13.0. The van der Waals surface area contributed by atoms with Crippen LogP contribution in [0.4, 0.5) is 0 Å². The number of hydrogen-bond acceptors (Lipinski definition) is 3.